The third-order valence-corrected chi connectivity index (χ3v) is 5.75. The van der Waals surface area contributed by atoms with Crippen molar-refractivity contribution in [1.82, 2.24) is 10.2 Å². The average Bonchev–Trinajstić information content (AvgIpc) is 2.70. The maximum Gasteiger partial charge on any atom is 0.151 e. The Kier molecular flexibility index (Phi) is 3.00. The number of hydrogen-bond donors (Lipinski definition) is 0. The van der Waals surface area contributed by atoms with Crippen LogP contribution in [0.3, 0.4) is 0 Å². The van der Waals surface area contributed by atoms with Gasteiger partial charge in [-0.15, -0.1) is 21.8 Å². The summed E-state index contributed by atoms with van der Waals surface area (Å²) in [4.78, 5) is 0. The fourth-order valence-electron chi connectivity index (χ4n) is 1.56. The van der Waals surface area contributed by atoms with Crippen LogP contribution in [0.1, 0.15) is 34.7 Å². The number of alkyl halides is 1. The molecule has 0 spiro atoms. The summed E-state index contributed by atoms with van der Waals surface area (Å²) in [6, 6.07) is 0. The van der Waals surface area contributed by atoms with Crippen LogP contribution in [0.5, 0.6) is 0 Å². The summed E-state index contributed by atoms with van der Waals surface area (Å²) in [5.74, 6) is 0.498. The Morgan fingerprint density at radius 2 is 2.27 bits per heavy atom. The first-order valence-corrected chi connectivity index (χ1v) is 7.73. The smallest absolute Gasteiger partial charge is 0.151 e. The lowest BCUT2D eigenvalue weighted by Gasteiger charge is -1.99. The Hall–Kier alpha value is -0.200. The fraction of sp³-hybridized carbons (Fsp3) is 0.750. The molecule has 2 rings (SSSR count). The van der Waals surface area contributed by atoms with Gasteiger partial charge in [0.05, 0.1) is 16.9 Å². The minimum absolute atomic E-state index is 0.0247. The van der Waals surface area contributed by atoms with Crippen LogP contribution in [-0.4, -0.2) is 30.1 Å². The van der Waals surface area contributed by atoms with Gasteiger partial charge in [-0.25, -0.2) is 8.42 Å². The molecule has 1 fully saturated rings. The molecule has 1 aliphatic rings. The highest BCUT2D eigenvalue weighted by Crippen LogP contribution is 2.33. The van der Waals surface area contributed by atoms with E-state index in [1.54, 1.807) is 0 Å². The van der Waals surface area contributed by atoms with E-state index in [9.17, 15) is 8.42 Å². The second kappa shape index (κ2) is 3.99. The molecule has 0 N–H and O–H groups in total. The van der Waals surface area contributed by atoms with Crippen LogP contribution >= 0.6 is 22.9 Å². The second-order valence-corrected chi connectivity index (χ2v) is 7.62. The van der Waals surface area contributed by atoms with Crippen molar-refractivity contribution in [2.75, 3.05) is 11.5 Å². The average molecular weight is 267 g/mol. The summed E-state index contributed by atoms with van der Waals surface area (Å²) >= 11 is 7.29. The van der Waals surface area contributed by atoms with E-state index in [4.69, 9.17) is 11.6 Å². The maximum atomic E-state index is 11.3. The van der Waals surface area contributed by atoms with Crippen molar-refractivity contribution < 1.29 is 8.42 Å². The van der Waals surface area contributed by atoms with Gasteiger partial charge in [0.15, 0.2) is 9.84 Å². The molecule has 1 saturated heterocycles. The lowest BCUT2D eigenvalue weighted by atomic mass is 10.1. The molecule has 0 amide bonds. The number of rotatable bonds is 2. The van der Waals surface area contributed by atoms with Gasteiger partial charge < -0.3 is 0 Å². The predicted molar refractivity (Wildman–Crippen MR) is 60.2 cm³/mol. The van der Waals surface area contributed by atoms with Gasteiger partial charge in [0.2, 0.25) is 0 Å². The molecule has 1 aromatic rings. The predicted octanol–water partition coefficient (Wildman–Crippen LogP) is 1.74. The molecule has 0 radical (unpaired) electrons. The zero-order valence-corrected chi connectivity index (χ0v) is 10.6. The SMILES string of the molecule is CC(Cl)c1nnc(C2CCS(=O)(=O)C2)s1. The van der Waals surface area contributed by atoms with Crippen molar-refractivity contribution >= 4 is 32.8 Å². The quantitative estimate of drug-likeness (QED) is 0.765. The van der Waals surface area contributed by atoms with Crippen molar-refractivity contribution in [3.63, 3.8) is 0 Å². The van der Waals surface area contributed by atoms with Gasteiger partial charge in [0, 0.05) is 5.92 Å². The standard InChI is InChI=1S/C8H11ClN2O2S2/c1-5(9)7-10-11-8(14-7)6-2-3-15(12,13)4-6/h5-6H,2-4H2,1H3. The minimum atomic E-state index is -2.85. The zero-order valence-electron chi connectivity index (χ0n) is 8.18. The molecule has 2 atom stereocenters. The van der Waals surface area contributed by atoms with Crippen molar-refractivity contribution in [3.8, 4) is 0 Å². The van der Waals surface area contributed by atoms with Crippen LogP contribution in [0.2, 0.25) is 0 Å². The van der Waals surface area contributed by atoms with Crippen molar-refractivity contribution in [3.05, 3.63) is 10.0 Å². The molecule has 1 aromatic heterocycles. The maximum absolute atomic E-state index is 11.3. The third kappa shape index (κ3) is 2.49. The van der Waals surface area contributed by atoms with Gasteiger partial charge in [-0.2, -0.15) is 0 Å². The number of aromatic nitrogens is 2. The highest BCUT2D eigenvalue weighted by Gasteiger charge is 2.31. The van der Waals surface area contributed by atoms with E-state index < -0.39 is 9.84 Å². The molecule has 0 aliphatic carbocycles. The van der Waals surface area contributed by atoms with Crippen LogP contribution in [0.25, 0.3) is 0 Å². The third-order valence-electron chi connectivity index (χ3n) is 2.38. The molecular formula is C8H11ClN2O2S2. The summed E-state index contributed by atoms with van der Waals surface area (Å²) in [5.41, 5.74) is 0. The van der Waals surface area contributed by atoms with E-state index in [2.05, 4.69) is 10.2 Å². The van der Waals surface area contributed by atoms with Crippen LogP contribution in [0, 0.1) is 0 Å². The molecule has 7 heteroatoms. The van der Waals surface area contributed by atoms with Crippen LogP contribution < -0.4 is 0 Å². The Morgan fingerprint density at radius 1 is 1.53 bits per heavy atom. The Balaban J connectivity index is 2.17. The topological polar surface area (TPSA) is 59.9 Å². The second-order valence-electron chi connectivity index (χ2n) is 3.69. The summed E-state index contributed by atoms with van der Waals surface area (Å²) in [7, 11) is -2.85. The Labute approximate surface area is 97.6 Å². The molecule has 4 nitrogen and oxygen atoms in total. The highest BCUT2D eigenvalue weighted by atomic mass is 35.5. The largest absolute Gasteiger partial charge is 0.229 e. The van der Waals surface area contributed by atoms with E-state index in [1.807, 2.05) is 6.92 Å². The van der Waals surface area contributed by atoms with Gasteiger partial charge in [0.25, 0.3) is 0 Å². The first-order chi connectivity index (χ1) is 6.98. The van der Waals surface area contributed by atoms with E-state index in [0.717, 1.165) is 10.0 Å². The number of halogens is 1. The highest BCUT2D eigenvalue weighted by molar-refractivity contribution is 7.91. The summed E-state index contributed by atoms with van der Waals surface area (Å²) < 4.78 is 22.6. The number of nitrogens with zero attached hydrogens (tertiary/aromatic N) is 2. The first kappa shape index (κ1) is 11.3. The van der Waals surface area contributed by atoms with Gasteiger partial charge >= 0.3 is 0 Å². The van der Waals surface area contributed by atoms with E-state index in [0.29, 0.717) is 6.42 Å². The van der Waals surface area contributed by atoms with E-state index >= 15 is 0 Å². The fourth-order valence-corrected chi connectivity index (χ4v) is 4.50. The van der Waals surface area contributed by atoms with Crippen molar-refractivity contribution in [1.29, 1.82) is 0 Å². The molecule has 2 heterocycles. The minimum Gasteiger partial charge on any atom is -0.229 e. The Morgan fingerprint density at radius 3 is 2.73 bits per heavy atom. The normalized spacial score (nSPS) is 26.7. The first-order valence-electron chi connectivity index (χ1n) is 4.66. The lowest BCUT2D eigenvalue weighted by Crippen LogP contribution is -2.03. The monoisotopic (exact) mass is 266 g/mol. The molecular weight excluding hydrogens is 256 g/mol. The van der Waals surface area contributed by atoms with E-state index in [1.165, 1.54) is 11.3 Å². The van der Waals surface area contributed by atoms with Gasteiger partial charge in [0.1, 0.15) is 10.0 Å². The van der Waals surface area contributed by atoms with Gasteiger partial charge in [-0.1, -0.05) is 11.3 Å². The van der Waals surface area contributed by atoms with Crippen molar-refractivity contribution in [2.24, 2.45) is 0 Å². The number of sulfone groups is 1. The van der Waals surface area contributed by atoms with Crippen LogP contribution in [0.4, 0.5) is 0 Å². The van der Waals surface area contributed by atoms with Gasteiger partial charge in [-0.3, -0.25) is 0 Å². The van der Waals surface area contributed by atoms with Crippen molar-refractivity contribution in [2.45, 2.75) is 24.6 Å². The number of hydrogen-bond acceptors (Lipinski definition) is 5. The summed E-state index contributed by atoms with van der Waals surface area (Å²) in [6.07, 6.45) is 0.660. The van der Waals surface area contributed by atoms with Crippen LogP contribution in [0.15, 0.2) is 0 Å². The molecule has 0 saturated carbocycles. The van der Waals surface area contributed by atoms with E-state index in [-0.39, 0.29) is 22.8 Å². The summed E-state index contributed by atoms with van der Waals surface area (Å²) in [6.45, 7) is 1.83. The molecule has 84 valence electrons. The molecule has 1 aliphatic heterocycles. The zero-order chi connectivity index (χ0) is 11.1. The molecule has 0 bridgehead atoms. The molecule has 15 heavy (non-hydrogen) atoms. The van der Waals surface area contributed by atoms with Gasteiger partial charge in [-0.05, 0) is 13.3 Å². The molecule has 0 aromatic carbocycles. The lowest BCUT2D eigenvalue weighted by molar-refractivity contribution is 0.601. The molecule has 2 unspecified atom stereocenters. The summed E-state index contributed by atoms with van der Waals surface area (Å²) in [5, 5.41) is 9.36. The Bertz CT molecular complexity index is 455. The van der Waals surface area contributed by atoms with Crippen LogP contribution in [-0.2, 0) is 9.84 Å².